The van der Waals surface area contributed by atoms with E-state index in [-0.39, 0.29) is 11.9 Å². The zero-order valence-electron chi connectivity index (χ0n) is 10.7. The molecule has 0 aliphatic rings. The van der Waals surface area contributed by atoms with Gasteiger partial charge in [0.2, 0.25) is 0 Å². The maximum absolute atomic E-state index is 13.0. The van der Waals surface area contributed by atoms with Gasteiger partial charge in [0.1, 0.15) is 18.0 Å². The van der Waals surface area contributed by atoms with Crippen LogP contribution in [0.5, 0.6) is 0 Å². The summed E-state index contributed by atoms with van der Waals surface area (Å²) in [5.41, 5.74) is 0.639. The van der Waals surface area contributed by atoms with Crippen LogP contribution in [0.25, 0.3) is 0 Å². The fourth-order valence-corrected chi connectivity index (χ4v) is 2.52. The predicted molar refractivity (Wildman–Crippen MR) is 73.2 cm³/mol. The second-order valence-electron chi connectivity index (χ2n) is 4.60. The molecular formula is C13H15BrFN3O. The minimum Gasteiger partial charge on any atom is -0.388 e. The van der Waals surface area contributed by atoms with Gasteiger partial charge in [0.25, 0.3) is 0 Å². The monoisotopic (exact) mass is 327 g/mol. The minimum atomic E-state index is -0.753. The summed E-state index contributed by atoms with van der Waals surface area (Å²) in [6.07, 6.45) is 1.06. The maximum atomic E-state index is 13.0. The molecule has 2 aromatic rings. The summed E-state index contributed by atoms with van der Waals surface area (Å²) < 4.78 is 15.3. The molecule has 6 heteroatoms. The van der Waals surface area contributed by atoms with Crippen LogP contribution in [0.2, 0.25) is 0 Å². The molecule has 0 aliphatic heterocycles. The Balaban J connectivity index is 2.21. The summed E-state index contributed by atoms with van der Waals surface area (Å²) >= 11 is 3.26. The van der Waals surface area contributed by atoms with E-state index in [1.165, 1.54) is 18.5 Å². The normalized spacial score (nSPS) is 12.9. The van der Waals surface area contributed by atoms with Gasteiger partial charge in [-0.2, -0.15) is 5.10 Å². The van der Waals surface area contributed by atoms with Gasteiger partial charge in [-0.05, 0) is 31.5 Å². The average molecular weight is 328 g/mol. The van der Waals surface area contributed by atoms with E-state index in [0.29, 0.717) is 22.3 Å². The van der Waals surface area contributed by atoms with Gasteiger partial charge in [0.15, 0.2) is 0 Å². The summed E-state index contributed by atoms with van der Waals surface area (Å²) in [6, 6.07) is 4.42. The van der Waals surface area contributed by atoms with E-state index >= 15 is 0 Å². The maximum Gasteiger partial charge on any atom is 0.138 e. The number of rotatable bonds is 4. The molecule has 1 aromatic heterocycles. The Labute approximate surface area is 119 Å². The Morgan fingerprint density at radius 2 is 2.16 bits per heavy atom. The smallest absolute Gasteiger partial charge is 0.138 e. The highest BCUT2D eigenvalue weighted by Crippen LogP contribution is 2.26. The first-order valence-electron chi connectivity index (χ1n) is 6.00. The van der Waals surface area contributed by atoms with Crippen molar-refractivity contribution in [2.75, 3.05) is 0 Å². The van der Waals surface area contributed by atoms with Gasteiger partial charge in [-0.1, -0.05) is 22.0 Å². The van der Waals surface area contributed by atoms with Crippen LogP contribution in [0.3, 0.4) is 0 Å². The number of hydrogen-bond donors (Lipinski definition) is 1. The van der Waals surface area contributed by atoms with Crippen LogP contribution in [-0.2, 0) is 6.42 Å². The first kappa shape index (κ1) is 14.1. The highest BCUT2D eigenvalue weighted by Gasteiger charge is 2.17. The third-order valence-corrected chi connectivity index (χ3v) is 3.52. The number of aliphatic hydroxyl groups excluding tert-OH is 1. The molecule has 102 valence electrons. The highest BCUT2D eigenvalue weighted by molar-refractivity contribution is 9.10. The van der Waals surface area contributed by atoms with Gasteiger partial charge in [-0.25, -0.2) is 14.1 Å². The quantitative estimate of drug-likeness (QED) is 0.939. The highest BCUT2D eigenvalue weighted by atomic mass is 79.9. The van der Waals surface area contributed by atoms with E-state index in [2.05, 4.69) is 26.0 Å². The van der Waals surface area contributed by atoms with E-state index in [0.717, 1.165) is 0 Å². The molecule has 0 aliphatic carbocycles. The van der Waals surface area contributed by atoms with Gasteiger partial charge in [0.05, 0.1) is 6.10 Å². The molecule has 0 saturated heterocycles. The van der Waals surface area contributed by atoms with E-state index in [1.807, 2.05) is 13.8 Å². The SMILES string of the molecule is CC(C)n1ncnc1CC(O)c1ccc(F)cc1Br. The minimum absolute atomic E-state index is 0.182. The number of hydrogen-bond acceptors (Lipinski definition) is 3. The van der Waals surface area contributed by atoms with Crippen LogP contribution in [0.1, 0.15) is 37.4 Å². The van der Waals surface area contributed by atoms with Crippen molar-refractivity contribution >= 4 is 15.9 Å². The standard InChI is InChI=1S/C13H15BrFN3O/c1-8(2)18-13(16-7-17-18)6-12(19)10-4-3-9(15)5-11(10)14/h3-5,7-8,12,19H,6H2,1-2H3. The Bertz CT molecular complexity index is 571. The summed E-state index contributed by atoms with van der Waals surface area (Å²) in [4.78, 5) is 4.15. The third kappa shape index (κ3) is 3.19. The van der Waals surface area contributed by atoms with Crippen LogP contribution >= 0.6 is 15.9 Å². The second-order valence-corrected chi connectivity index (χ2v) is 5.45. The van der Waals surface area contributed by atoms with Crippen molar-refractivity contribution < 1.29 is 9.50 Å². The van der Waals surface area contributed by atoms with E-state index < -0.39 is 6.10 Å². The molecule has 1 aromatic carbocycles. The van der Waals surface area contributed by atoms with Crippen LogP contribution in [0, 0.1) is 5.82 Å². The molecule has 0 fully saturated rings. The first-order chi connectivity index (χ1) is 8.99. The molecule has 0 saturated carbocycles. The van der Waals surface area contributed by atoms with Crippen molar-refractivity contribution in [3.05, 3.63) is 46.2 Å². The summed E-state index contributed by atoms with van der Waals surface area (Å²) in [7, 11) is 0. The second kappa shape index (κ2) is 5.79. The van der Waals surface area contributed by atoms with Crippen LogP contribution in [0.4, 0.5) is 4.39 Å². The van der Waals surface area contributed by atoms with Crippen molar-refractivity contribution in [3.63, 3.8) is 0 Å². The molecular weight excluding hydrogens is 313 g/mol. The lowest BCUT2D eigenvalue weighted by atomic mass is 10.1. The summed E-state index contributed by atoms with van der Waals surface area (Å²) in [6.45, 7) is 4.00. The van der Waals surface area contributed by atoms with Gasteiger partial charge in [-0.15, -0.1) is 0 Å². The topological polar surface area (TPSA) is 50.9 Å². The Morgan fingerprint density at radius 3 is 2.79 bits per heavy atom. The fraction of sp³-hybridized carbons (Fsp3) is 0.385. The van der Waals surface area contributed by atoms with Crippen molar-refractivity contribution in [1.82, 2.24) is 14.8 Å². The van der Waals surface area contributed by atoms with Crippen LogP contribution < -0.4 is 0 Å². The average Bonchev–Trinajstić information content (AvgIpc) is 2.76. The molecule has 1 unspecified atom stereocenters. The molecule has 4 nitrogen and oxygen atoms in total. The van der Waals surface area contributed by atoms with Crippen molar-refractivity contribution in [2.24, 2.45) is 0 Å². The zero-order valence-corrected chi connectivity index (χ0v) is 12.3. The Kier molecular flexibility index (Phi) is 4.31. The molecule has 0 bridgehead atoms. The molecule has 0 radical (unpaired) electrons. The lowest BCUT2D eigenvalue weighted by Crippen LogP contribution is -2.12. The molecule has 1 atom stereocenters. The molecule has 19 heavy (non-hydrogen) atoms. The van der Waals surface area contributed by atoms with E-state index in [1.54, 1.807) is 10.7 Å². The molecule has 1 N–H and O–H groups in total. The van der Waals surface area contributed by atoms with Crippen LogP contribution in [0.15, 0.2) is 29.0 Å². The third-order valence-electron chi connectivity index (χ3n) is 2.83. The number of nitrogens with zero attached hydrogens (tertiary/aromatic N) is 3. The molecule has 1 heterocycles. The predicted octanol–water partition coefficient (Wildman–Crippen LogP) is 3.04. The lowest BCUT2D eigenvalue weighted by Gasteiger charge is -2.14. The lowest BCUT2D eigenvalue weighted by molar-refractivity contribution is 0.172. The van der Waals surface area contributed by atoms with Gasteiger partial charge in [-0.3, -0.25) is 0 Å². The van der Waals surface area contributed by atoms with Crippen molar-refractivity contribution in [3.8, 4) is 0 Å². The van der Waals surface area contributed by atoms with Crippen molar-refractivity contribution in [2.45, 2.75) is 32.4 Å². The van der Waals surface area contributed by atoms with Crippen molar-refractivity contribution in [1.29, 1.82) is 0 Å². The molecule has 0 spiro atoms. The Hall–Kier alpha value is -1.27. The molecule has 2 rings (SSSR count). The largest absolute Gasteiger partial charge is 0.388 e. The van der Waals surface area contributed by atoms with E-state index in [9.17, 15) is 9.50 Å². The van der Waals surface area contributed by atoms with Crippen LogP contribution in [-0.4, -0.2) is 19.9 Å². The molecule has 0 amide bonds. The van der Waals surface area contributed by atoms with Gasteiger partial charge in [0, 0.05) is 16.9 Å². The fourth-order valence-electron chi connectivity index (χ4n) is 1.91. The number of benzene rings is 1. The van der Waals surface area contributed by atoms with Gasteiger partial charge >= 0.3 is 0 Å². The summed E-state index contributed by atoms with van der Waals surface area (Å²) in [5, 5.41) is 14.4. The number of aromatic nitrogens is 3. The number of halogens is 2. The van der Waals surface area contributed by atoms with E-state index in [4.69, 9.17) is 0 Å². The zero-order chi connectivity index (χ0) is 14.0. The number of aliphatic hydroxyl groups is 1. The van der Waals surface area contributed by atoms with Gasteiger partial charge < -0.3 is 5.11 Å². The Morgan fingerprint density at radius 1 is 1.42 bits per heavy atom. The summed E-state index contributed by atoms with van der Waals surface area (Å²) in [5.74, 6) is 0.367. The first-order valence-corrected chi connectivity index (χ1v) is 6.79.